The number of ether oxygens (including phenoxy) is 1. The molecule has 7 heteroatoms. The summed E-state index contributed by atoms with van der Waals surface area (Å²) in [6.07, 6.45) is 0.120. The third-order valence-corrected chi connectivity index (χ3v) is 3.90. The number of nitrogens with zero attached hydrogens (tertiary/aromatic N) is 3. The lowest BCUT2D eigenvalue weighted by atomic mass is 10.2. The predicted molar refractivity (Wildman–Crippen MR) is 93.7 cm³/mol. The van der Waals surface area contributed by atoms with Gasteiger partial charge in [0.05, 0.1) is 5.69 Å². The monoisotopic (exact) mass is 340 g/mol. The number of carbonyl (C=O) groups is 2. The van der Waals surface area contributed by atoms with Crippen molar-refractivity contribution < 1.29 is 14.3 Å². The molecule has 1 N–H and O–H groups in total. The van der Waals surface area contributed by atoms with Crippen molar-refractivity contribution in [1.82, 2.24) is 9.97 Å². The quantitative estimate of drug-likeness (QED) is 0.921. The summed E-state index contributed by atoms with van der Waals surface area (Å²) in [4.78, 5) is 34.8. The summed E-state index contributed by atoms with van der Waals surface area (Å²) >= 11 is 0. The Balaban J connectivity index is 1.79. The zero-order chi connectivity index (χ0) is 18.0. The number of amides is 2. The van der Waals surface area contributed by atoms with Crippen LogP contribution in [0.2, 0.25) is 0 Å². The highest BCUT2D eigenvalue weighted by Crippen LogP contribution is 2.33. The van der Waals surface area contributed by atoms with Gasteiger partial charge in [-0.15, -0.1) is 0 Å². The molecule has 0 unspecified atom stereocenters. The van der Waals surface area contributed by atoms with Crippen LogP contribution in [0.4, 0.5) is 11.5 Å². The van der Waals surface area contributed by atoms with Crippen molar-refractivity contribution in [3.8, 4) is 5.75 Å². The van der Waals surface area contributed by atoms with Crippen molar-refractivity contribution in [1.29, 1.82) is 0 Å². The molecule has 130 valence electrons. The molecule has 1 atom stereocenters. The van der Waals surface area contributed by atoms with E-state index in [4.69, 9.17) is 4.74 Å². The van der Waals surface area contributed by atoms with Gasteiger partial charge < -0.3 is 10.1 Å². The number of aromatic nitrogens is 2. The average molecular weight is 340 g/mol. The maximum absolute atomic E-state index is 12.4. The summed E-state index contributed by atoms with van der Waals surface area (Å²) in [5, 5.41) is 2.75. The molecule has 3 rings (SSSR count). The topological polar surface area (TPSA) is 84.4 Å². The molecule has 1 aliphatic rings. The van der Waals surface area contributed by atoms with E-state index in [-0.39, 0.29) is 18.4 Å². The Hall–Kier alpha value is -2.96. The Morgan fingerprint density at radius 2 is 2.08 bits per heavy atom. The minimum Gasteiger partial charge on any atom is -0.479 e. The lowest BCUT2D eigenvalue weighted by molar-refractivity contribution is -0.127. The highest BCUT2D eigenvalue weighted by atomic mass is 16.5. The van der Waals surface area contributed by atoms with Gasteiger partial charge in [0, 0.05) is 11.8 Å². The van der Waals surface area contributed by atoms with E-state index in [1.165, 1.54) is 4.90 Å². The molecule has 1 aromatic heterocycles. The number of hydrogen-bond acceptors (Lipinski definition) is 5. The minimum absolute atomic E-state index is 0.103. The average Bonchev–Trinajstić information content (AvgIpc) is 2.58. The van der Waals surface area contributed by atoms with Crippen LogP contribution in [0.5, 0.6) is 5.75 Å². The maximum atomic E-state index is 12.4. The summed E-state index contributed by atoms with van der Waals surface area (Å²) in [5.74, 6) is 1.06. The summed E-state index contributed by atoms with van der Waals surface area (Å²) < 4.78 is 5.58. The number of fused-ring (bicyclic) bond motifs is 1. The van der Waals surface area contributed by atoms with Crippen LogP contribution >= 0.6 is 0 Å². The first-order chi connectivity index (χ1) is 12.0. The first-order valence-electron chi connectivity index (χ1n) is 8.19. The maximum Gasteiger partial charge on any atom is 0.268 e. The van der Waals surface area contributed by atoms with Gasteiger partial charge in [0.25, 0.3) is 5.91 Å². The molecular formula is C18H20N4O3. The summed E-state index contributed by atoms with van der Waals surface area (Å²) in [7, 11) is 0. The summed E-state index contributed by atoms with van der Waals surface area (Å²) in [5.41, 5.74) is 1.44. The first kappa shape index (κ1) is 16.9. The molecule has 7 nitrogen and oxygen atoms in total. The fraction of sp³-hybridized carbons (Fsp3) is 0.333. The second-order valence-corrected chi connectivity index (χ2v) is 5.85. The van der Waals surface area contributed by atoms with Crippen LogP contribution in [0.25, 0.3) is 0 Å². The van der Waals surface area contributed by atoms with Crippen LogP contribution in [0.3, 0.4) is 0 Å². The van der Waals surface area contributed by atoms with Gasteiger partial charge in [0.1, 0.15) is 23.9 Å². The number of nitrogens with one attached hydrogen (secondary N) is 1. The van der Waals surface area contributed by atoms with Crippen molar-refractivity contribution >= 4 is 23.3 Å². The van der Waals surface area contributed by atoms with E-state index in [0.29, 0.717) is 23.1 Å². The molecule has 0 bridgehead atoms. The highest BCUT2D eigenvalue weighted by molar-refractivity contribution is 6.05. The van der Waals surface area contributed by atoms with Crippen LogP contribution in [-0.4, -0.2) is 34.4 Å². The van der Waals surface area contributed by atoms with E-state index in [1.807, 2.05) is 13.0 Å². The number of para-hydroxylation sites is 2. The number of hydrogen-bond donors (Lipinski definition) is 1. The number of anilines is 2. The van der Waals surface area contributed by atoms with Crippen LogP contribution in [0, 0.1) is 6.92 Å². The van der Waals surface area contributed by atoms with Gasteiger partial charge in [-0.05, 0) is 32.4 Å². The van der Waals surface area contributed by atoms with E-state index in [0.717, 1.165) is 12.1 Å². The van der Waals surface area contributed by atoms with E-state index < -0.39 is 6.10 Å². The van der Waals surface area contributed by atoms with Crippen molar-refractivity contribution in [3.63, 3.8) is 0 Å². The summed E-state index contributed by atoms with van der Waals surface area (Å²) in [6.45, 7) is 5.33. The van der Waals surface area contributed by atoms with Crippen LogP contribution in [0.1, 0.15) is 25.4 Å². The molecule has 2 aromatic rings. The largest absolute Gasteiger partial charge is 0.479 e. The number of benzene rings is 1. The molecule has 2 amide bonds. The van der Waals surface area contributed by atoms with Gasteiger partial charge in [0.2, 0.25) is 5.91 Å². The molecular weight excluding hydrogens is 320 g/mol. The summed E-state index contributed by atoms with van der Waals surface area (Å²) in [6, 6.07) is 8.91. The highest BCUT2D eigenvalue weighted by Gasteiger charge is 2.32. The molecule has 1 aromatic carbocycles. The van der Waals surface area contributed by atoms with E-state index >= 15 is 0 Å². The smallest absolute Gasteiger partial charge is 0.268 e. The molecule has 0 saturated carbocycles. The minimum atomic E-state index is -0.629. The lowest BCUT2D eigenvalue weighted by Crippen LogP contribution is -2.47. The van der Waals surface area contributed by atoms with Crippen LogP contribution in [-0.2, 0) is 16.0 Å². The Kier molecular flexibility index (Phi) is 4.65. The van der Waals surface area contributed by atoms with E-state index in [9.17, 15) is 9.59 Å². The van der Waals surface area contributed by atoms with E-state index in [2.05, 4.69) is 15.3 Å². The number of aryl methyl sites for hydroxylation is 2. The van der Waals surface area contributed by atoms with Crippen molar-refractivity contribution in [3.05, 3.63) is 41.9 Å². The third kappa shape index (κ3) is 3.60. The van der Waals surface area contributed by atoms with Crippen molar-refractivity contribution in [2.45, 2.75) is 33.3 Å². The first-order valence-corrected chi connectivity index (χ1v) is 8.19. The predicted octanol–water partition coefficient (Wildman–Crippen LogP) is 2.10. The Bertz CT molecular complexity index is 822. The molecule has 1 aliphatic heterocycles. The van der Waals surface area contributed by atoms with Gasteiger partial charge in [0.15, 0.2) is 6.10 Å². The van der Waals surface area contributed by atoms with Crippen molar-refractivity contribution in [2.24, 2.45) is 0 Å². The molecule has 0 saturated heterocycles. The molecule has 2 heterocycles. The van der Waals surface area contributed by atoms with E-state index in [1.54, 1.807) is 38.1 Å². The number of rotatable bonds is 4. The van der Waals surface area contributed by atoms with Gasteiger partial charge in [-0.3, -0.25) is 14.5 Å². The van der Waals surface area contributed by atoms with Crippen molar-refractivity contribution in [2.75, 3.05) is 16.8 Å². The Labute approximate surface area is 146 Å². The van der Waals surface area contributed by atoms with Crippen LogP contribution < -0.4 is 15.0 Å². The van der Waals surface area contributed by atoms with Gasteiger partial charge in [-0.2, -0.15) is 0 Å². The van der Waals surface area contributed by atoms with Gasteiger partial charge in [-0.25, -0.2) is 9.97 Å². The SMILES string of the molecule is CCc1cc(NC(=O)CN2C(=O)[C@H](C)Oc3ccccc32)nc(C)n1. The van der Waals surface area contributed by atoms with Gasteiger partial charge in [-0.1, -0.05) is 19.1 Å². The Morgan fingerprint density at radius 3 is 2.84 bits per heavy atom. The number of carbonyl (C=O) groups excluding carboxylic acids is 2. The fourth-order valence-electron chi connectivity index (χ4n) is 2.72. The standard InChI is InChI=1S/C18H20N4O3/c1-4-13-9-16(20-12(3)19-13)21-17(23)10-22-14-7-5-6-8-15(14)25-11(2)18(22)24/h5-9,11H,4,10H2,1-3H3,(H,19,20,21,23)/t11-/m0/s1. The lowest BCUT2D eigenvalue weighted by Gasteiger charge is -2.32. The fourth-order valence-corrected chi connectivity index (χ4v) is 2.72. The zero-order valence-corrected chi connectivity index (χ0v) is 14.4. The zero-order valence-electron chi connectivity index (χ0n) is 14.4. The molecule has 25 heavy (non-hydrogen) atoms. The molecule has 0 aliphatic carbocycles. The van der Waals surface area contributed by atoms with Gasteiger partial charge >= 0.3 is 0 Å². The second kappa shape index (κ2) is 6.88. The third-order valence-electron chi connectivity index (χ3n) is 3.90. The molecule has 0 radical (unpaired) electrons. The molecule has 0 spiro atoms. The normalized spacial score (nSPS) is 16.2. The molecule has 0 fully saturated rings. The van der Waals surface area contributed by atoms with Crippen LogP contribution in [0.15, 0.2) is 30.3 Å². The second-order valence-electron chi connectivity index (χ2n) is 5.85. The Morgan fingerprint density at radius 1 is 1.32 bits per heavy atom.